The first kappa shape index (κ1) is 15.4. The number of rotatable bonds is 3. The third-order valence-electron chi connectivity index (χ3n) is 3.32. The first-order valence-corrected chi connectivity index (χ1v) is 7.31. The molecule has 3 N–H and O–H groups in total. The molecule has 21 heavy (non-hydrogen) atoms. The Balaban J connectivity index is 2.40. The van der Waals surface area contributed by atoms with Gasteiger partial charge in [0.25, 0.3) is 0 Å². The summed E-state index contributed by atoms with van der Waals surface area (Å²) in [6, 6.07) is 12.1. The van der Waals surface area contributed by atoms with Gasteiger partial charge < -0.3 is 15.8 Å². The number of hydrogen-bond donors (Lipinski definition) is 2. The summed E-state index contributed by atoms with van der Waals surface area (Å²) in [6.07, 6.45) is 0. The van der Waals surface area contributed by atoms with Gasteiger partial charge in [-0.1, -0.05) is 11.2 Å². The van der Waals surface area contributed by atoms with Crippen LogP contribution in [-0.2, 0) is 0 Å². The number of amidine groups is 1. The molecule has 0 heterocycles. The third-order valence-corrected chi connectivity index (χ3v) is 3.97. The maximum atomic E-state index is 8.76. The van der Waals surface area contributed by atoms with Crippen molar-refractivity contribution in [2.45, 2.75) is 13.8 Å². The molecule has 2 aromatic carbocycles. The largest absolute Gasteiger partial charge is 0.409 e. The van der Waals surface area contributed by atoms with Crippen LogP contribution >= 0.6 is 15.9 Å². The highest BCUT2D eigenvalue weighted by atomic mass is 79.9. The molecular formula is C16H18BrN3O. The number of hydrogen-bond acceptors (Lipinski definition) is 3. The van der Waals surface area contributed by atoms with E-state index in [1.165, 1.54) is 11.1 Å². The molecule has 0 saturated carbocycles. The summed E-state index contributed by atoms with van der Waals surface area (Å²) in [5.74, 6) is 0.0856. The van der Waals surface area contributed by atoms with Crippen molar-refractivity contribution in [3.63, 3.8) is 0 Å². The van der Waals surface area contributed by atoms with E-state index in [0.717, 1.165) is 15.8 Å². The van der Waals surface area contributed by atoms with E-state index >= 15 is 0 Å². The quantitative estimate of drug-likeness (QED) is 0.382. The number of halogens is 1. The van der Waals surface area contributed by atoms with Crippen molar-refractivity contribution in [3.05, 3.63) is 57.6 Å². The van der Waals surface area contributed by atoms with Gasteiger partial charge in [0.1, 0.15) is 0 Å². The number of benzene rings is 2. The van der Waals surface area contributed by atoms with Crippen LogP contribution in [0.5, 0.6) is 0 Å². The first-order valence-electron chi connectivity index (χ1n) is 6.52. The van der Waals surface area contributed by atoms with Crippen molar-refractivity contribution in [2.75, 3.05) is 11.9 Å². The molecule has 0 amide bonds. The lowest BCUT2D eigenvalue weighted by atomic mass is 10.1. The number of anilines is 2. The van der Waals surface area contributed by atoms with Crippen molar-refractivity contribution in [1.29, 1.82) is 0 Å². The summed E-state index contributed by atoms with van der Waals surface area (Å²) in [7, 11) is 2.01. The molecule has 2 rings (SSSR count). The molecule has 0 atom stereocenters. The first-order chi connectivity index (χ1) is 9.92. The van der Waals surface area contributed by atoms with Crippen LogP contribution in [0.25, 0.3) is 0 Å². The van der Waals surface area contributed by atoms with Gasteiger partial charge in [0.15, 0.2) is 5.84 Å². The smallest absolute Gasteiger partial charge is 0.171 e. The monoisotopic (exact) mass is 347 g/mol. The van der Waals surface area contributed by atoms with E-state index in [9.17, 15) is 0 Å². The summed E-state index contributed by atoms with van der Waals surface area (Å²) in [4.78, 5) is 2.10. The van der Waals surface area contributed by atoms with Gasteiger partial charge in [-0.05, 0) is 71.2 Å². The summed E-state index contributed by atoms with van der Waals surface area (Å²) in [6.45, 7) is 4.17. The molecular weight excluding hydrogens is 330 g/mol. The van der Waals surface area contributed by atoms with Crippen LogP contribution in [0.2, 0.25) is 0 Å². The minimum absolute atomic E-state index is 0.0856. The number of aryl methyl sites for hydroxylation is 2. The highest BCUT2D eigenvalue weighted by Gasteiger charge is 2.10. The lowest BCUT2D eigenvalue weighted by Gasteiger charge is -2.21. The molecule has 0 bridgehead atoms. The van der Waals surface area contributed by atoms with Gasteiger partial charge in [-0.25, -0.2) is 0 Å². The van der Waals surface area contributed by atoms with Crippen molar-refractivity contribution in [2.24, 2.45) is 10.9 Å². The van der Waals surface area contributed by atoms with Crippen molar-refractivity contribution < 1.29 is 5.21 Å². The molecule has 0 aliphatic carbocycles. The normalized spacial score (nSPS) is 11.5. The van der Waals surface area contributed by atoms with E-state index in [2.05, 4.69) is 58.0 Å². The Morgan fingerprint density at radius 1 is 1.10 bits per heavy atom. The lowest BCUT2D eigenvalue weighted by Crippen LogP contribution is -2.15. The summed E-state index contributed by atoms with van der Waals surface area (Å²) >= 11 is 3.46. The molecule has 0 radical (unpaired) electrons. The Bertz CT molecular complexity index is 678. The zero-order valence-electron chi connectivity index (χ0n) is 12.3. The maximum Gasteiger partial charge on any atom is 0.171 e. The van der Waals surface area contributed by atoms with Gasteiger partial charge in [-0.3, -0.25) is 0 Å². The molecule has 0 fully saturated rings. The molecule has 0 unspecified atom stereocenters. The number of oxime groups is 1. The van der Waals surface area contributed by atoms with Gasteiger partial charge in [0.05, 0.1) is 0 Å². The van der Waals surface area contributed by atoms with E-state index in [1.54, 1.807) is 0 Å². The summed E-state index contributed by atoms with van der Waals surface area (Å²) < 4.78 is 0.784. The van der Waals surface area contributed by atoms with E-state index in [-0.39, 0.29) is 5.84 Å². The van der Waals surface area contributed by atoms with Gasteiger partial charge >= 0.3 is 0 Å². The molecule has 4 nitrogen and oxygen atoms in total. The second-order valence-corrected chi connectivity index (χ2v) is 5.91. The molecule has 0 spiro atoms. The van der Waals surface area contributed by atoms with Gasteiger partial charge in [-0.2, -0.15) is 0 Å². The molecule has 0 aromatic heterocycles. The Hall–Kier alpha value is -2.01. The van der Waals surface area contributed by atoms with E-state index in [4.69, 9.17) is 10.9 Å². The second-order valence-electron chi connectivity index (χ2n) is 5.05. The summed E-state index contributed by atoms with van der Waals surface area (Å²) in [5.41, 5.74) is 10.9. The van der Waals surface area contributed by atoms with E-state index < -0.39 is 0 Å². The van der Waals surface area contributed by atoms with Gasteiger partial charge in [-0.15, -0.1) is 0 Å². The highest BCUT2D eigenvalue weighted by Crippen LogP contribution is 2.29. The molecule has 0 aliphatic heterocycles. The second kappa shape index (κ2) is 6.18. The van der Waals surface area contributed by atoms with Crippen LogP contribution in [-0.4, -0.2) is 18.1 Å². The number of nitrogens with zero attached hydrogens (tertiary/aromatic N) is 2. The van der Waals surface area contributed by atoms with Crippen molar-refractivity contribution >= 4 is 33.1 Å². The minimum Gasteiger partial charge on any atom is -0.409 e. The standard InChI is InChI=1S/C16H18BrN3O/c1-10-6-11(2)8-13(7-10)20(3)12-4-5-14(15(17)9-12)16(18)19-21/h4-9,21H,1-3H3,(H2,18,19). The SMILES string of the molecule is Cc1cc(C)cc(N(C)c2ccc(/C(N)=N/O)c(Br)c2)c1. The zero-order chi connectivity index (χ0) is 15.6. The van der Waals surface area contributed by atoms with Gasteiger partial charge in [0, 0.05) is 28.5 Å². The minimum atomic E-state index is 0.0856. The highest BCUT2D eigenvalue weighted by molar-refractivity contribution is 9.10. The van der Waals surface area contributed by atoms with Crippen molar-refractivity contribution in [1.82, 2.24) is 0 Å². The summed E-state index contributed by atoms with van der Waals surface area (Å²) in [5, 5.41) is 11.8. The molecule has 110 valence electrons. The lowest BCUT2D eigenvalue weighted by molar-refractivity contribution is 0.318. The maximum absolute atomic E-state index is 8.76. The molecule has 0 saturated heterocycles. The fourth-order valence-corrected chi connectivity index (χ4v) is 2.84. The zero-order valence-corrected chi connectivity index (χ0v) is 13.8. The van der Waals surface area contributed by atoms with Crippen LogP contribution in [0.4, 0.5) is 11.4 Å². The third kappa shape index (κ3) is 3.36. The van der Waals surface area contributed by atoms with Crippen LogP contribution in [0.15, 0.2) is 46.0 Å². The topological polar surface area (TPSA) is 61.8 Å². The Labute approximate surface area is 133 Å². The van der Waals surface area contributed by atoms with Crippen LogP contribution < -0.4 is 10.6 Å². The fraction of sp³-hybridized carbons (Fsp3) is 0.188. The van der Waals surface area contributed by atoms with Gasteiger partial charge in [0.2, 0.25) is 0 Å². The van der Waals surface area contributed by atoms with E-state index in [1.807, 2.05) is 25.2 Å². The molecule has 2 aromatic rings. The van der Waals surface area contributed by atoms with E-state index in [0.29, 0.717) is 5.56 Å². The average molecular weight is 348 g/mol. The predicted molar refractivity (Wildman–Crippen MR) is 90.6 cm³/mol. The molecule has 5 heteroatoms. The van der Waals surface area contributed by atoms with Crippen molar-refractivity contribution in [3.8, 4) is 0 Å². The fourth-order valence-electron chi connectivity index (χ4n) is 2.27. The Kier molecular flexibility index (Phi) is 4.53. The van der Waals surface area contributed by atoms with Crippen LogP contribution in [0.3, 0.4) is 0 Å². The van der Waals surface area contributed by atoms with Crippen LogP contribution in [0.1, 0.15) is 16.7 Å². The Morgan fingerprint density at radius 3 is 2.24 bits per heavy atom. The Morgan fingerprint density at radius 2 is 1.71 bits per heavy atom. The molecule has 0 aliphatic rings. The average Bonchev–Trinajstić information content (AvgIpc) is 2.44. The predicted octanol–water partition coefficient (Wildman–Crippen LogP) is 3.93. The van der Waals surface area contributed by atoms with Crippen LogP contribution in [0, 0.1) is 13.8 Å². The number of nitrogens with two attached hydrogens (primary N) is 1.